The maximum atomic E-state index is 13.5. The molecule has 3 aliphatic rings. The molecule has 2 aromatic rings. The van der Waals surface area contributed by atoms with Gasteiger partial charge in [0.2, 0.25) is 5.78 Å². The molecule has 0 aromatic heterocycles. The second-order valence-electron chi connectivity index (χ2n) is 10.4. The summed E-state index contributed by atoms with van der Waals surface area (Å²) in [5.74, 6) is -3.22. The lowest BCUT2D eigenvalue weighted by Crippen LogP contribution is -2.59. The van der Waals surface area contributed by atoms with Crippen LogP contribution in [0.15, 0.2) is 18.2 Å². The Bertz CT molecular complexity index is 1350. The molecule has 6 N–H and O–H groups in total. The Labute approximate surface area is 222 Å². The van der Waals surface area contributed by atoms with Gasteiger partial charge in [-0.3, -0.25) is 9.59 Å². The number of aromatic hydroxyl groups is 3. The number of rotatable bonds is 4. The first kappa shape index (κ1) is 27.5. The fourth-order valence-corrected chi connectivity index (χ4v) is 5.90. The summed E-state index contributed by atoms with van der Waals surface area (Å²) in [6, 6.07) is 3.34. The van der Waals surface area contributed by atoms with E-state index in [1.54, 1.807) is 0 Å². The van der Waals surface area contributed by atoms with Crippen molar-refractivity contribution in [1.82, 2.24) is 0 Å². The maximum Gasteiger partial charge on any atom is 0.201 e. The van der Waals surface area contributed by atoms with Crippen LogP contribution in [0.3, 0.4) is 0 Å². The van der Waals surface area contributed by atoms with Crippen molar-refractivity contribution in [3.05, 3.63) is 51.6 Å². The number of carbonyl (C=O) groups excluding carboxylic acids is 2. The molecule has 1 saturated heterocycles. The molecule has 0 saturated carbocycles. The fourth-order valence-electron chi connectivity index (χ4n) is 5.90. The van der Waals surface area contributed by atoms with Crippen LogP contribution in [0, 0.1) is 0 Å². The SMILES string of the molecule is CO[C@H]1[C@@H](O[C@@H]2c3c(cc4c(c3O)C(=O)c3c(O)cc(O)cc3C4=O)C[C@@](C)(O)[C@@H]2OC)O[C@@H](C)[C@@H](O)[C@@H]1O. The van der Waals surface area contributed by atoms with Crippen LogP contribution in [0.2, 0.25) is 0 Å². The van der Waals surface area contributed by atoms with Crippen LogP contribution < -0.4 is 0 Å². The average molecular weight is 547 g/mol. The van der Waals surface area contributed by atoms with Crippen molar-refractivity contribution in [1.29, 1.82) is 0 Å². The number of fused-ring (bicyclic) bond motifs is 3. The summed E-state index contributed by atoms with van der Waals surface area (Å²) in [4.78, 5) is 26.9. The number of methoxy groups -OCH3 is 2. The normalized spacial score (nSPS) is 33.9. The topological polar surface area (TPSA) is 192 Å². The molecule has 39 heavy (non-hydrogen) atoms. The largest absolute Gasteiger partial charge is 0.508 e. The first-order valence-corrected chi connectivity index (χ1v) is 12.3. The molecule has 2 aliphatic carbocycles. The quantitative estimate of drug-likeness (QED) is 0.265. The highest BCUT2D eigenvalue weighted by molar-refractivity contribution is 6.30. The zero-order valence-corrected chi connectivity index (χ0v) is 21.6. The Morgan fingerprint density at radius 1 is 0.949 bits per heavy atom. The van der Waals surface area contributed by atoms with Gasteiger partial charge in [0.05, 0.1) is 22.8 Å². The lowest BCUT2D eigenvalue weighted by molar-refractivity contribution is -0.323. The molecule has 5 rings (SSSR count). The minimum atomic E-state index is -1.59. The number of phenols is 3. The Hall–Kier alpha value is -3.10. The predicted molar refractivity (Wildman–Crippen MR) is 131 cm³/mol. The van der Waals surface area contributed by atoms with Crippen LogP contribution in [0.1, 0.15) is 62.9 Å². The van der Waals surface area contributed by atoms with Crippen LogP contribution in [-0.2, 0) is 25.4 Å². The summed E-state index contributed by atoms with van der Waals surface area (Å²) in [6.45, 7) is 3.00. The molecule has 0 bridgehead atoms. The van der Waals surface area contributed by atoms with Crippen molar-refractivity contribution in [2.24, 2.45) is 0 Å². The molecule has 12 heteroatoms. The highest BCUT2D eigenvalue weighted by Gasteiger charge is 2.52. The van der Waals surface area contributed by atoms with E-state index < -0.39 is 77.3 Å². The van der Waals surface area contributed by atoms with E-state index >= 15 is 0 Å². The molecule has 0 amide bonds. The summed E-state index contributed by atoms with van der Waals surface area (Å²) < 4.78 is 22.9. The number of aliphatic hydroxyl groups is 3. The van der Waals surface area contributed by atoms with Crippen molar-refractivity contribution in [3.63, 3.8) is 0 Å². The number of ether oxygens (including phenoxy) is 4. The zero-order valence-electron chi connectivity index (χ0n) is 21.6. The Morgan fingerprint density at radius 2 is 1.62 bits per heavy atom. The molecule has 0 unspecified atom stereocenters. The standard InChI is InChI=1S/C27H30O12/c1-9-18(30)22(34)24(36-3)26(38-9)39-23-15-10(8-27(2,35)25(23)37-4)5-12-17(20(15)32)21(33)16-13(19(12)31)6-11(28)7-14(16)29/h5-7,9,18,22-26,28-30,32,34-35H,8H2,1-4H3/t9-,18+,22-,23+,24+,25+,26+,27+/m0/s1. The molecule has 1 heterocycles. The van der Waals surface area contributed by atoms with Gasteiger partial charge in [-0.15, -0.1) is 0 Å². The Balaban J connectivity index is 1.67. The summed E-state index contributed by atoms with van der Waals surface area (Å²) in [7, 11) is 2.61. The number of aliphatic hydroxyl groups excluding tert-OH is 2. The third kappa shape index (κ3) is 4.11. The van der Waals surface area contributed by atoms with Gasteiger partial charge in [0, 0.05) is 43.4 Å². The maximum absolute atomic E-state index is 13.5. The lowest BCUT2D eigenvalue weighted by Gasteiger charge is -2.47. The molecular weight excluding hydrogens is 516 g/mol. The van der Waals surface area contributed by atoms with Gasteiger partial charge in [-0.25, -0.2) is 0 Å². The summed E-state index contributed by atoms with van der Waals surface area (Å²) in [5, 5.41) is 63.9. The molecular formula is C27H30O12. The van der Waals surface area contributed by atoms with Gasteiger partial charge in [0.1, 0.15) is 47.8 Å². The summed E-state index contributed by atoms with van der Waals surface area (Å²) in [5.41, 5.74) is -2.42. The minimum absolute atomic E-state index is 0.0433. The number of benzene rings is 2. The zero-order chi connectivity index (χ0) is 28.5. The third-order valence-electron chi connectivity index (χ3n) is 7.78. The second kappa shape index (κ2) is 9.52. The van der Waals surface area contributed by atoms with E-state index in [9.17, 15) is 40.2 Å². The third-order valence-corrected chi connectivity index (χ3v) is 7.78. The van der Waals surface area contributed by atoms with Crippen molar-refractivity contribution < 1.29 is 59.2 Å². The molecule has 2 aromatic carbocycles. The molecule has 0 spiro atoms. The lowest BCUT2D eigenvalue weighted by atomic mass is 9.73. The van der Waals surface area contributed by atoms with Crippen LogP contribution in [-0.4, -0.2) is 98.8 Å². The van der Waals surface area contributed by atoms with E-state index in [1.807, 2.05) is 0 Å². The number of hydrogen-bond donors (Lipinski definition) is 6. The van der Waals surface area contributed by atoms with Crippen molar-refractivity contribution in [2.75, 3.05) is 14.2 Å². The predicted octanol–water partition coefficient (Wildman–Crippen LogP) is 0.440. The number of ketones is 2. The van der Waals surface area contributed by atoms with Crippen molar-refractivity contribution >= 4 is 11.6 Å². The molecule has 0 radical (unpaired) electrons. The van der Waals surface area contributed by atoms with E-state index in [0.29, 0.717) is 0 Å². The number of carbonyl (C=O) groups is 2. The van der Waals surface area contributed by atoms with Crippen LogP contribution in [0.25, 0.3) is 0 Å². The van der Waals surface area contributed by atoms with Crippen molar-refractivity contribution in [3.8, 4) is 17.2 Å². The highest BCUT2D eigenvalue weighted by atomic mass is 16.7. The summed E-state index contributed by atoms with van der Waals surface area (Å²) in [6.07, 6.45) is -8.51. The first-order valence-electron chi connectivity index (χ1n) is 12.3. The van der Waals surface area contributed by atoms with Gasteiger partial charge in [-0.1, -0.05) is 0 Å². The van der Waals surface area contributed by atoms with Crippen LogP contribution in [0.5, 0.6) is 17.2 Å². The number of phenolic OH excluding ortho intramolecular Hbond substituents is 3. The highest BCUT2D eigenvalue weighted by Crippen LogP contribution is 2.49. The fraction of sp³-hybridized carbons (Fsp3) is 0.481. The van der Waals surface area contributed by atoms with Gasteiger partial charge >= 0.3 is 0 Å². The minimum Gasteiger partial charge on any atom is -0.508 e. The van der Waals surface area contributed by atoms with Crippen LogP contribution in [0.4, 0.5) is 0 Å². The van der Waals surface area contributed by atoms with Crippen molar-refractivity contribution in [2.45, 2.75) is 68.8 Å². The molecule has 8 atom stereocenters. The van der Waals surface area contributed by atoms with Gasteiger partial charge in [0.25, 0.3) is 0 Å². The van der Waals surface area contributed by atoms with Gasteiger partial charge in [-0.05, 0) is 31.5 Å². The first-order chi connectivity index (χ1) is 18.3. The van der Waals surface area contributed by atoms with E-state index in [-0.39, 0.29) is 39.8 Å². The van der Waals surface area contributed by atoms with Gasteiger partial charge in [0.15, 0.2) is 12.1 Å². The molecule has 12 nitrogen and oxygen atoms in total. The Morgan fingerprint density at radius 3 is 2.26 bits per heavy atom. The van der Waals surface area contributed by atoms with Gasteiger partial charge in [-0.2, -0.15) is 0 Å². The number of hydrogen-bond acceptors (Lipinski definition) is 12. The molecule has 1 fully saturated rings. The van der Waals surface area contributed by atoms with Crippen LogP contribution >= 0.6 is 0 Å². The molecule has 1 aliphatic heterocycles. The Kier molecular flexibility index (Phi) is 6.71. The van der Waals surface area contributed by atoms with E-state index in [2.05, 4.69) is 0 Å². The van der Waals surface area contributed by atoms with E-state index in [4.69, 9.17) is 18.9 Å². The second-order valence-corrected chi connectivity index (χ2v) is 10.4. The molecule has 210 valence electrons. The van der Waals surface area contributed by atoms with Gasteiger partial charge < -0.3 is 49.6 Å². The summed E-state index contributed by atoms with van der Waals surface area (Å²) >= 11 is 0. The van der Waals surface area contributed by atoms with E-state index in [1.165, 1.54) is 34.1 Å². The van der Waals surface area contributed by atoms with E-state index in [0.717, 1.165) is 12.1 Å². The smallest absolute Gasteiger partial charge is 0.201 e. The average Bonchev–Trinajstić information content (AvgIpc) is 2.84. The monoisotopic (exact) mass is 546 g/mol.